The van der Waals surface area contributed by atoms with Gasteiger partial charge >= 0.3 is 0 Å². The molecule has 1 aromatic rings. The molecule has 0 bridgehead atoms. The number of rotatable bonds is 5. The van der Waals surface area contributed by atoms with Crippen molar-refractivity contribution in [1.29, 1.82) is 5.26 Å². The molecule has 1 aliphatic heterocycles. The van der Waals surface area contributed by atoms with Gasteiger partial charge in [-0.05, 0) is 26.5 Å². The predicted octanol–water partition coefficient (Wildman–Crippen LogP) is 1.87. The molecule has 0 amide bonds. The monoisotopic (exact) mass is 286 g/mol. The minimum absolute atomic E-state index is 0.111. The Bertz CT molecular complexity index is 465. The van der Waals surface area contributed by atoms with Gasteiger partial charge in [0.15, 0.2) is 0 Å². The standard InChI is InChI=1S/C17H26N4/c1-14(2)19-16(11-18)12-21-10-9-20(3)13-17(21)15-7-5-4-6-8-15/h4-8,14,16-17,19H,9-10,12-13H2,1-3H3. The molecule has 21 heavy (non-hydrogen) atoms. The molecule has 1 aromatic carbocycles. The third-order valence-corrected chi connectivity index (χ3v) is 3.99. The zero-order valence-corrected chi connectivity index (χ0v) is 13.3. The highest BCUT2D eigenvalue weighted by atomic mass is 15.3. The Kier molecular flexibility index (Phi) is 5.75. The van der Waals surface area contributed by atoms with Crippen molar-refractivity contribution in [2.75, 3.05) is 33.2 Å². The molecule has 2 unspecified atom stereocenters. The van der Waals surface area contributed by atoms with E-state index in [9.17, 15) is 5.26 Å². The van der Waals surface area contributed by atoms with Gasteiger partial charge in [-0.1, -0.05) is 30.3 Å². The van der Waals surface area contributed by atoms with Gasteiger partial charge in [0, 0.05) is 38.3 Å². The fourth-order valence-electron chi connectivity index (χ4n) is 2.93. The van der Waals surface area contributed by atoms with Gasteiger partial charge in [-0.2, -0.15) is 5.26 Å². The summed E-state index contributed by atoms with van der Waals surface area (Å²) in [6, 6.07) is 13.6. The van der Waals surface area contributed by atoms with E-state index in [0.29, 0.717) is 12.1 Å². The molecule has 2 atom stereocenters. The average Bonchev–Trinajstić information content (AvgIpc) is 2.48. The topological polar surface area (TPSA) is 42.3 Å². The second-order valence-corrected chi connectivity index (χ2v) is 6.19. The maximum atomic E-state index is 9.36. The predicted molar refractivity (Wildman–Crippen MR) is 85.9 cm³/mol. The lowest BCUT2D eigenvalue weighted by Crippen LogP contribution is -2.51. The molecule has 1 N–H and O–H groups in total. The highest BCUT2D eigenvalue weighted by Crippen LogP contribution is 2.24. The lowest BCUT2D eigenvalue weighted by Gasteiger charge is -2.41. The normalized spacial score (nSPS) is 22.1. The highest BCUT2D eigenvalue weighted by molar-refractivity contribution is 5.20. The van der Waals surface area contributed by atoms with Gasteiger partial charge < -0.3 is 4.90 Å². The molecule has 0 radical (unpaired) electrons. The molecule has 1 aliphatic rings. The maximum absolute atomic E-state index is 9.36. The number of benzene rings is 1. The van der Waals surface area contributed by atoms with Crippen LogP contribution in [0.25, 0.3) is 0 Å². The molecule has 0 aromatic heterocycles. The molecule has 4 heteroatoms. The number of nitrogens with zero attached hydrogens (tertiary/aromatic N) is 3. The third kappa shape index (κ3) is 4.53. The second-order valence-electron chi connectivity index (χ2n) is 6.19. The Morgan fingerprint density at radius 1 is 1.29 bits per heavy atom. The lowest BCUT2D eigenvalue weighted by molar-refractivity contribution is 0.0847. The molecule has 2 rings (SSSR count). The molecule has 0 saturated carbocycles. The van der Waals surface area contributed by atoms with Gasteiger partial charge in [0.25, 0.3) is 0 Å². The molecule has 0 aliphatic carbocycles. The number of hydrogen-bond acceptors (Lipinski definition) is 4. The van der Waals surface area contributed by atoms with Crippen molar-refractivity contribution in [3.63, 3.8) is 0 Å². The van der Waals surface area contributed by atoms with Crippen molar-refractivity contribution < 1.29 is 0 Å². The summed E-state index contributed by atoms with van der Waals surface area (Å²) in [7, 11) is 2.17. The van der Waals surface area contributed by atoms with Crippen molar-refractivity contribution in [1.82, 2.24) is 15.1 Å². The molecular weight excluding hydrogens is 260 g/mol. The molecular formula is C17H26N4. The molecule has 1 heterocycles. The number of nitrogens with one attached hydrogen (secondary N) is 1. The number of hydrogen-bond donors (Lipinski definition) is 1. The van der Waals surface area contributed by atoms with Gasteiger partial charge in [-0.15, -0.1) is 0 Å². The van der Waals surface area contributed by atoms with Crippen molar-refractivity contribution in [2.24, 2.45) is 0 Å². The molecule has 114 valence electrons. The Morgan fingerprint density at radius 3 is 2.62 bits per heavy atom. The van der Waals surface area contributed by atoms with Crippen LogP contribution in [0.1, 0.15) is 25.5 Å². The number of nitriles is 1. The van der Waals surface area contributed by atoms with Gasteiger partial charge in [0.1, 0.15) is 6.04 Å². The molecule has 0 spiro atoms. The van der Waals surface area contributed by atoms with Gasteiger partial charge in [0.05, 0.1) is 6.07 Å². The van der Waals surface area contributed by atoms with Crippen LogP contribution in [-0.2, 0) is 0 Å². The SMILES string of the molecule is CC(C)NC(C#N)CN1CCN(C)CC1c1ccccc1. The molecule has 1 saturated heterocycles. The summed E-state index contributed by atoms with van der Waals surface area (Å²) in [5.74, 6) is 0. The number of likely N-dealkylation sites (N-methyl/N-ethyl adjacent to an activating group) is 1. The Hall–Kier alpha value is -1.41. The van der Waals surface area contributed by atoms with Crippen LogP contribution in [0.4, 0.5) is 0 Å². The first-order chi connectivity index (χ1) is 10.1. The lowest BCUT2D eigenvalue weighted by atomic mass is 10.0. The summed E-state index contributed by atoms with van der Waals surface area (Å²) in [4.78, 5) is 4.81. The van der Waals surface area contributed by atoms with Gasteiger partial charge in [0.2, 0.25) is 0 Å². The van der Waals surface area contributed by atoms with Gasteiger partial charge in [-0.25, -0.2) is 0 Å². The zero-order chi connectivity index (χ0) is 15.2. The Balaban J connectivity index is 2.10. The highest BCUT2D eigenvalue weighted by Gasteiger charge is 2.28. The van der Waals surface area contributed by atoms with Crippen LogP contribution in [0, 0.1) is 11.3 Å². The summed E-state index contributed by atoms with van der Waals surface area (Å²) in [5, 5.41) is 12.7. The quantitative estimate of drug-likeness (QED) is 0.897. The van der Waals surface area contributed by atoms with Crippen molar-refractivity contribution in [2.45, 2.75) is 32.0 Å². The Morgan fingerprint density at radius 2 is 2.00 bits per heavy atom. The van der Waals surface area contributed by atoms with Crippen LogP contribution in [-0.4, -0.2) is 55.1 Å². The molecule has 4 nitrogen and oxygen atoms in total. The largest absolute Gasteiger partial charge is 0.303 e. The summed E-state index contributed by atoms with van der Waals surface area (Å²) >= 11 is 0. The van der Waals surface area contributed by atoms with E-state index in [1.54, 1.807) is 0 Å². The van der Waals surface area contributed by atoms with Crippen LogP contribution in [0.3, 0.4) is 0 Å². The smallest absolute Gasteiger partial charge is 0.108 e. The van der Waals surface area contributed by atoms with Crippen molar-refractivity contribution in [3.05, 3.63) is 35.9 Å². The zero-order valence-electron chi connectivity index (χ0n) is 13.3. The van der Waals surface area contributed by atoms with E-state index in [2.05, 4.69) is 72.4 Å². The van der Waals surface area contributed by atoms with Crippen LogP contribution in [0.15, 0.2) is 30.3 Å². The van der Waals surface area contributed by atoms with Crippen LogP contribution < -0.4 is 5.32 Å². The van der Waals surface area contributed by atoms with Crippen molar-refractivity contribution in [3.8, 4) is 6.07 Å². The molecule has 1 fully saturated rings. The fraction of sp³-hybridized carbons (Fsp3) is 0.588. The van der Waals surface area contributed by atoms with E-state index in [0.717, 1.165) is 26.2 Å². The van der Waals surface area contributed by atoms with E-state index in [1.165, 1.54) is 5.56 Å². The summed E-state index contributed by atoms with van der Waals surface area (Å²) in [6.07, 6.45) is 0. The maximum Gasteiger partial charge on any atom is 0.108 e. The minimum atomic E-state index is -0.111. The summed E-state index contributed by atoms with van der Waals surface area (Å²) in [6.45, 7) is 8.04. The van der Waals surface area contributed by atoms with E-state index in [4.69, 9.17) is 0 Å². The van der Waals surface area contributed by atoms with E-state index in [-0.39, 0.29) is 6.04 Å². The van der Waals surface area contributed by atoms with Gasteiger partial charge in [-0.3, -0.25) is 10.2 Å². The van der Waals surface area contributed by atoms with E-state index < -0.39 is 0 Å². The van der Waals surface area contributed by atoms with Crippen LogP contribution >= 0.6 is 0 Å². The summed E-state index contributed by atoms with van der Waals surface area (Å²) < 4.78 is 0. The second kappa shape index (κ2) is 7.56. The van der Waals surface area contributed by atoms with E-state index >= 15 is 0 Å². The average molecular weight is 286 g/mol. The first-order valence-electron chi connectivity index (χ1n) is 7.73. The number of piperazine rings is 1. The van der Waals surface area contributed by atoms with Crippen LogP contribution in [0.2, 0.25) is 0 Å². The van der Waals surface area contributed by atoms with Crippen LogP contribution in [0.5, 0.6) is 0 Å². The fourth-order valence-corrected chi connectivity index (χ4v) is 2.93. The third-order valence-electron chi connectivity index (χ3n) is 3.99. The van der Waals surface area contributed by atoms with Crippen molar-refractivity contribution >= 4 is 0 Å². The summed E-state index contributed by atoms with van der Waals surface area (Å²) in [5.41, 5.74) is 1.34. The van der Waals surface area contributed by atoms with E-state index in [1.807, 2.05) is 0 Å². The Labute approximate surface area is 128 Å². The minimum Gasteiger partial charge on any atom is -0.303 e. The first-order valence-corrected chi connectivity index (χ1v) is 7.73. The first kappa shape index (κ1) is 16.0.